The third kappa shape index (κ3) is 5.02. The highest BCUT2D eigenvalue weighted by Crippen LogP contribution is 2.38. The summed E-state index contributed by atoms with van der Waals surface area (Å²) < 4.78 is 22.6. The van der Waals surface area contributed by atoms with Crippen LogP contribution in [0.25, 0.3) is 11.1 Å². The van der Waals surface area contributed by atoms with Crippen molar-refractivity contribution in [1.82, 2.24) is 19.4 Å². The molecule has 1 saturated heterocycles. The van der Waals surface area contributed by atoms with Gasteiger partial charge >= 0.3 is 5.97 Å². The van der Waals surface area contributed by atoms with Crippen molar-refractivity contribution in [1.29, 1.82) is 0 Å². The normalized spacial score (nSPS) is 17.0. The Balaban J connectivity index is 1.14. The number of ether oxygens (including phenoxy) is 1. The summed E-state index contributed by atoms with van der Waals surface area (Å²) in [6, 6.07) is 9.92. The lowest BCUT2D eigenvalue weighted by Crippen LogP contribution is -2.38. The van der Waals surface area contributed by atoms with Gasteiger partial charge in [0, 0.05) is 53.7 Å². The molecule has 5 heterocycles. The summed E-state index contributed by atoms with van der Waals surface area (Å²) in [6.07, 6.45) is 6.45. The quantitative estimate of drug-likeness (QED) is 0.298. The molecule has 44 heavy (non-hydrogen) atoms. The number of nitrogens with zero attached hydrogens (tertiary/aromatic N) is 5. The number of rotatable bonds is 7. The molecule has 2 aromatic heterocycles. The van der Waals surface area contributed by atoms with Gasteiger partial charge in [-0.3, -0.25) is 19.7 Å². The van der Waals surface area contributed by atoms with Gasteiger partial charge in [-0.2, -0.15) is 0 Å². The number of piperidine rings is 1. The average molecular weight is 615 g/mol. The van der Waals surface area contributed by atoms with Gasteiger partial charge in [0.1, 0.15) is 5.82 Å². The van der Waals surface area contributed by atoms with Crippen LogP contribution in [0.3, 0.4) is 0 Å². The molecule has 2 amide bonds. The molecule has 3 aliphatic heterocycles. The monoisotopic (exact) mass is 614 g/mol. The molecule has 2 aromatic carbocycles. The topological polar surface area (TPSA) is 110 Å². The van der Waals surface area contributed by atoms with Crippen molar-refractivity contribution in [2.75, 3.05) is 30.4 Å². The van der Waals surface area contributed by atoms with E-state index in [1.165, 1.54) is 29.4 Å². The molecule has 0 radical (unpaired) electrons. The fourth-order valence-electron chi connectivity index (χ4n) is 6.57. The van der Waals surface area contributed by atoms with Gasteiger partial charge in [0.2, 0.25) is 0 Å². The molecular weight excluding hydrogens is 583 g/mol. The van der Waals surface area contributed by atoms with E-state index in [-0.39, 0.29) is 29.6 Å². The van der Waals surface area contributed by atoms with Crippen LogP contribution in [0.4, 0.5) is 15.2 Å². The Morgan fingerprint density at radius 1 is 1.09 bits per heavy atom. The van der Waals surface area contributed by atoms with Gasteiger partial charge in [0.15, 0.2) is 11.2 Å². The summed E-state index contributed by atoms with van der Waals surface area (Å²) in [6.45, 7) is 2.26. The fraction of sp³-hybridized carbons (Fsp3) is 0.344. The Bertz CT molecular complexity index is 1730. The molecule has 1 fully saturated rings. The predicted octanol–water partition coefficient (Wildman–Crippen LogP) is 4.82. The number of hydrogen-bond acceptors (Lipinski definition) is 8. The van der Waals surface area contributed by atoms with E-state index >= 15 is 4.39 Å². The van der Waals surface area contributed by atoms with Crippen molar-refractivity contribution < 1.29 is 23.5 Å². The van der Waals surface area contributed by atoms with E-state index in [1.807, 2.05) is 28.8 Å². The van der Waals surface area contributed by atoms with Gasteiger partial charge in [0.05, 0.1) is 31.6 Å². The van der Waals surface area contributed by atoms with Crippen molar-refractivity contribution in [3.63, 3.8) is 0 Å². The second kappa shape index (κ2) is 11.5. The minimum absolute atomic E-state index is 0.0387. The summed E-state index contributed by atoms with van der Waals surface area (Å²) in [4.78, 5) is 51.8. The van der Waals surface area contributed by atoms with E-state index in [2.05, 4.69) is 20.2 Å². The molecule has 0 aliphatic carbocycles. The highest BCUT2D eigenvalue weighted by molar-refractivity contribution is 7.13. The van der Waals surface area contributed by atoms with Crippen molar-refractivity contribution in [3.8, 4) is 11.1 Å². The number of fused-ring (bicyclic) bond motifs is 2. The molecule has 1 atom stereocenters. The zero-order chi connectivity index (χ0) is 30.4. The molecule has 7 rings (SSSR count). The Hall–Kier alpha value is -4.58. The van der Waals surface area contributed by atoms with E-state index in [0.717, 1.165) is 62.3 Å². The summed E-state index contributed by atoms with van der Waals surface area (Å²) in [5, 5.41) is 5.00. The van der Waals surface area contributed by atoms with Crippen LogP contribution in [0.5, 0.6) is 0 Å². The lowest BCUT2D eigenvalue weighted by molar-refractivity contribution is -0.146. The van der Waals surface area contributed by atoms with Crippen molar-refractivity contribution in [3.05, 3.63) is 82.6 Å². The smallest absolute Gasteiger partial charge is 0.308 e. The maximum atomic E-state index is 15.7. The number of thiazole rings is 1. The van der Waals surface area contributed by atoms with E-state index in [4.69, 9.17) is 4.74 Å². The average Bonchev–Trinajstić information content (AvgIpc) is 3.85. The number of aryl methyl sites for hydroxylation is 1. The number of nitrogens with one attached hydrogen (secondary N) is 1. The van der Waals surface area contributed by atoms with E-state index in [1.54, 1.807) is 24.0 Å². The lowest BCUT2D eigenvalue weighted by atomic mass is 9.96. The number of carbonyl (C=O) groups is 3. The molecule has 12 heteroatoms. The summed E-state index contributed by atoms with van der Waals surface area (Å²) in [5.74, 6) is -1.57. The Labute approximate surface area is 257 Å². The minimum atomic E-state index is -1.03. The molecule has 1 N–H and O–H groups in total. The third-order valence-corrected chi connectivity index (χ3v) is 9.57. The van der Waals surface area contributed by atoms with Gasteiger partial charge in [-0.05, 0) is 61.1 Å². The molecule has 1 unspecified atom stereocenters. The zero-order valence-electron chi connectivity index (χ0n) is 24.2. The van der Waals surface area contributed by atoms with Crippen LogP contribution in [0, 0.1) is 11.7 Å². The fourth-order valence-corrected chi connectivity index (χ4v) is 7.10. The van der Waals surface area contributed by atoms with Crippen LogP contribution in [0.15, 0.2) is 54.3 Å². The molecule has 226 valence electrons. The second-order valence-corrected chi connectivity index (χ2v) is 12.2. The molecule has 10 nitrogen and oxygen atoms in total. The molecule has 3 aliphatic rings. The largest absolute Gasteiger partial charge is 0.469 e. The van der Waals surface area contributed by atoms with Gasteiger partial charge in [-0.1, -0.05) is 12.1 Å². The summed E-state index contributed by atoms with van der Waals surface area (Å²) in [5.41, 5.74) is 4.33. The van der Waals surface area contributed by atoms with Gasteiger partial charge < -0.3 is 19.1 Å². The molecule has 0 bridgehead atoms. The minimum Gasteiger partial charge on any atom is -0.469 e. The number of imidazole rings is 1. The van der Waals surface area contributed by atoms with Crippen molar-refractivity contribution >= 4 is 39.9 Å². The number of halogens is 1. The van der Waals surface area contributed by atoms with Gasteiger partial charge in [-0.25, -0.2) is 14.4 Å². The zero-order valence-corrected chi connectivity index (χ0v) is 25.0. The maximum absolute atomic E-state index is 15.7. The SMILES string of the molecule is COC(=O)C1CCN(c2ccc(-c3cc(F)c4c(c3)C(=O)N(C(C(=O)Nc3nccs3)c3ncn5c3CCC5)C4)cc2)CC1. The van der Waals surface area contributed by atoms with Gasteiger partial charge in [-0.15, -0.1) is 11.3 Å². The first-order valence-corrected chi connectivity index (χ1v) is 15.6. The van der Waals surface area contributed by atoms with Crippen molar-refractivity contribution in [2.45, 2.75) is 44.8 Å². The van der Waals surface area contributed by atoms with Gasteiger partial charge in [0.25, 0.3) is 11.8 Å². The number of aromatic nitrogens is 3. The van der Waals surface area contributed by atoms with E-state index < -0.39 is 23.7 Å². The first-order valence-electron chi connectivity index (χ1n) is 14.7. The number of carbonyl (C=O) groups excluding carboxylic acids is 3. The molecule has 0 saturated carbocycles. The van der Waals surface area contributed by atoms with Crippen LogP contribution < -0.4 is 10.2 Å². The number of benzene rings is 2. The molecule has 4 aromatic rings. The number of hydrogen-bond donors (Lipinski definition) is 1. The number of esters is 1. The standard InChI is InChI=1S/C32H31FN6O4S/c1-43-31(42)20-8-12-37(13-9-20)22-6-4-19(5-7-22)21-15-23-24(25(33)16-21)17-39(30(23)41)28(29(40)36-32-34-10-14-44-32)27-26-3-2-11-38(26)18-35-27/h4-7,10,14-16,18,20,28H,2-3,8-9,11-13,17H2,1H3,(H,34,36,40). The highest BCUT2D eigenvalue weighted by atomic mass is 32.1. The third-order valence-electron chi connectivity index (χ3n) is 8.88. The Morgan fingerprint density at radius 3 is 2.61 bits per heavy atom. The maximum Gasteiger partial charge on any atom is 0.308 e. The van der Waals surface area contributed by atoms with Crippen LogP contribution >= 0.6 is 11.3 Å². The lowest BCUT2D eigenvalue weighted by Gasteiger charge is -2.32. The molecule has 0 spiro atoms. The summed E-state index contributed by atoms with van der Waals surface area (Å²) >= 11 is 1.28. The Morgan fingerprint density at radius 2 is 1.89 bits per heavy atom. The number of amides is 2. The van der Waals surface area contributed by atoms with Crippen molar-refractivity contribution in [2.24, 2.45) is 5.92 Å². The summed E-state index contributed by atoms with van der Waals surface area (Å²) in [7, 11) is 1.42. The van der Waals surface area contributed by atoms with Crippen LogP contribution in [0.2, 0.25) is 0 Å². The second-order valence-electron chi connectivity index (χ2n) is 11.4. The highest BCUT2D eigenvalue weighted by Gasteiger charge is 2.42. The number of methoxy groups -OCH3 is 1. The first-order chi connectivity index (χ1) is 21.4. The number of anilines is 2. The van der Waals surface area contributed by atoms with Crippen LogP contribution in [-0.4, -0.2) is 57.4 Å². The van der Waals surface area contributed by atoms with E-state index in [9.17, 15) is 14.4 Å². The van der Waals surface area contributed by atoms with E-state index in [0.29, 0.717) is 16.4 Å². The predicted molar refractivity (Wildman–Crippen MR) is 163 cm³/mol. The first kappa shape index (κ1) is 28.2. The van der Waals surface area contributed by atoms with Crippen LogP contribution in [-0.2, 0) is 33.8 Å². The van der Waals surface area contributed by atoms with Crippen LogP contribution in [0.1, 0.15) is 52.6 Å². The Kier molecular flexibility index (Phi) is 7.37. The molecular formula is C32H31FN6O4S.